The van der Waals surface area contributed by atoms with Gasteiger partial charge in [-0.25, -0.2) is 14.1 Å². The Hall–Kier alpha value is -4.33. The zero-order chi connectivity index (χ0) is 22.9. The number of anilines is 1. The van der Waals surface area contributed by atoms with Gasteiger partial charge in [0, 0.05) is 17.5 Å². The average Bonchev–Trinajstić information content (AvgIpc) is 3.20. The third-order valence-corrected chi connectivity index (χ3v) is 5.48. The van der Waals surface area contributed by atoms with E-state index >= 15 is 0 Å². The molecule has 0 spiro atoms. The molecule has 0 aliphatic heterocycles. The summed E-state index contributed by atoms with van der Waals surface area (Å²) in [4.78, 5) is 33.0. The van der Waals surface area contributed by atoms with Gasteiger partial charge in [-0.2, -0.15) is 5.10 Å². The lowest BCUT2D eigenvalue weighted by atomic mass is 10.1. The number of rotatable bonds is 5. The van der Waals surface area contributed by atoms with E-state index in [-0.39, 0.29) is 23.8 Å². The molecule has 33 heavy (non-hydrogen) atoms. The largest absolute Gasteiger partial charge is 0.342 e. The Morgan fingerprint density at radius 2 is 1.82 bits per heavy atom. The summed E-state index contributed by atoms with van der Waals surface area (Å²) in [5.74, 6) is -0.0237. The second kappa shape index (κ2) is 8.31. The minimum absolute atomic E-state index is 0.204. The van der Waals surface area contributed by atoms with Crippen LogP contribution in [0.5, 0.6) is 0 Å². The number of hydrogen-bond donors (Lipinski definition) is 2. The van der Waals surface area contributed by atoms with Gasteiger partial charge in [0.05, 0.1) is 22.1 Å². The third-order valence-electron chi connectivity index (χ3n) is 5.48. The summed E-state index contributed by atoms with van der Waals surface area (Å²) < 4.78 is 15.1. The highest BCUT2D eigenvalue weighted by molar-refractivity contribution is 5.93. The number of aromatic nitrogens is 4. The molecule has 0 saturated heterocycles. The van der Waals surface area contributed by atoms with E-state index in [0.717, 1.165) is 10.9 Å². The first kappa shape index (κ1) is 20.6. The molecule has 0 radical (unpaired) electrons. The van der Waals surface area contributed by atoms with Crippen LogP contribution in [-0.2, 0) is 17.8 Å². The molecule has 0 aliphatic carbocycles. The fraction of sp³-hybridized carbons (Fsp3) is 0.120. The first-order chi connectivity index (χ1) is 16.0. The van der Waals surface area contributed by atoms with Gasteiger partial charge in [0.2, 0.25) is 5.91 Å². The van der Waals surface area contributed by atoms with Gasteiger partial charge in [0.15, 0.2) is 0 Å². The number of carbonyl (C=O) groups excluding carboxylic acids is 1. The third kappa shape index (κ3) is 4.10. The van der Waals surface area contributed by atoms with Crippen LogP contribution in [0.3, 0.4) is 0 Å². The van der Waals surface area contributed by atoms with E-state index in [1.54, 1.807) is 55.5 Å². The molecule has 0 fully saturated rings. The number of nitrogens with zero attached hydrogens (tertiary/aromatic N) is 3. The molecular formula is C25H20FN5O2. The van der Waals surface area contributed by atoms with Gasteiger partial charge in [0.1, 0.15) is 18.2 Å². The highest BCUT2D eigenvalue weighted by Gasteiger charge is 2.12. The molecule has 5 rings (SSSR count). The first-order valence-corrected chi connectivity index (χ1v) is 10.5. The Balaban J connectivity index is 1.34. The number of hydrogen-bond acceptors (Lipinski definition) is 4. The standard InChI is InChI=1S/C25H20FN5O2/c1-15-18-7-3-4-8-19(18)25(33)31(30-15)14-24(32)27-17-10-11-21-22(13-17)29-23(28-21)12-16-6-2-5-9-20(16)26/h2-11,13H,12,14H2,1H3,(H,27,32)(H,28,29). The van der Waals surface area contributed by atoms with E-state index in [2.05, 4.69) is 20.4 Å². The van der Waals surface area contributed by atoms with Crippen molar-refractivity contribution in [2.75, 3.05) is 5.32 Å². The molecule has 164 valence electrons. The average molecular weight is 441 g/mol. The summed E-state index contributed by atoms with van der Waals surface area (Å²) in [6.45, 7) is 1.60. The molecule has 7 nitrogen and oxygen atoms in total. The Morgan fingerprint density at radius 3 is 2.64 bits per heavy atom. The predicted molar refractivity (Wildman–Crippen MR) is 125 cm³/mol. The molecule has 2 heterocycles. The second-order valence-electron chi connectivity index (χ2n) is 7.83. The van der Waals surface area contributed by atoms with Crippen molar-refractivity contribution in [3.05, 3.63) is 100.0 Å². The minimum Gasteiger partial charge on any atom is -0.342 e. The van der Waals surface area contributed by atoms with Gasteiger partial charge in [-0.15, -0.1) is 0 Å². The van der Waals surface area contributed by atoms with Gasteiger partial charge in [0.25, 0.3) is 5.56 Å². The van der Waals surface area contributed by atoms with Crippen molar-refractivity contribution >= 4 is 33.4 Å². The Bertz CT molecular complexity index is 1570. The Labute approximate surface area is 187 Å². The molecule has 5 aromatic rings. The minimum atomic E-state index is -0.371. The molecule has 2 N–H and O–H groups in total. The van der Waals surface area contributed by atoms with Crippen LogP contribution in [0.2, 0.25) is 0 Å². The second-order valence-corrected chi connectivity index (χ2v) is 7.83. The van der Waals surface area contributed by atoms with Gasteiger partial charge in [-0.1, -0.05) is 36.4 Å². The van der Waals surface area contributed by atoms with Crippen LogP contribution in [0.1, 0.15) is 17.1 Å². The summed E-state index contributed by atoms with van der Waals surface area (Å²) in [5, 5.41) is 8.38. The number of benzene rings is 3. The molecule has 0 unspecified atom stereocenters. The molecule has 0 saturated carbocycles. The maximum Gasteiger partial charge on any atom is 0.275 e. The lowest BCUT2D eigenvalue weighted by Crippen LogP contribution is -2.30. The molecule has 0 atom stereocenters. The fourth-order valence-electron chi connectivity index (χ4n) is 3.89. The van der Waals surface area contributed by atoms with Crippen LogP contribution in [0.4, 0.5) is 10.1 Å². The predicted octanol–water partition coefficient (Wildman–Crippen LogP) is 3.95. The molecule has 8 heteroatoms. The fourth-order valence-corrected chi connectivity index (χ4v) is 3.89. The van der Waals surface area contributed by atoms with E-state index in [1.807, 2.05) is 12.1 Å². The number of carbonyl (C=O) groups is 1. The zero-order valence-electron chi connectivity index (χ0n) is 17.8. The maximum atomic E-state index is 13.9. The van der Waals surface area contributed by atoms with Crippen molar-refractivity contribution in [2.24, 2.45) is 0 Å². The number of H-pyrrole nitrogens is 1. The van der Waals surface area contributed by atoms with E-state index < -0.39 is 0 Å². The topological polar surface area (TPSA) is 92.7 Å². The van der Waals surface area contributed by atoms with E-state index in [4.69, 9.17) is 0 Å². The number of aryl methyl sites for hydroxylation is 1. The maximum absolute atomic E-state index is 13.9. The lowest BCUT2D eigenvalue weighted by Gasteiger charge is -2.09. The van der Waals surface area contributed by atoms with Crippen LogP contribution in [0.25, 0.3) is 21.8 Å². The summed E-state index contributed by atoms with van der Waals surface area (Å²) in [6, 6.07) is 19.0. The number of amides is 1. The molecule has 0 bridgehead atoms. The molecule has 1 amide bonds. The molecular weight excluding hydrogens is 421 g/mol. The van der Waals surface area contributed by atoms with Crippen molar-refractivity contribution in [1.29, 1.82) is 0 Å². The van der Waals surface area contributed by atoms with Crippen molar-refractivity contribution < 1.29 is 9.18 Å². The van der Waals surface area contributed by atoms with Crippen LogP contribution in [0.15, 0.2) is 71.5 Å². The van der Waals surface area contributed by atoms with Gasteiger partial charge >= 0.3 is 0 Å². The summed E-state index contributed by atoms with van der Waals surface area (Å²) in [6.07, 6.45) is 0.332. The van der Waals surface area contributed by atoms with Crippen LogP contribution in [-0.4, -0.2) is 25.7 Å². The van der Waals surface area contributed by atoms with Crippen molar-refractivity contribution in [3.8, 4) is 0 Å². The molecule has 2 aromatic heterocycles. The van der Waals surface area contributed by atoms with E-state index in [0.29, 0.717) is 40.1 Å². The molecule has 0 aliphatic rings. The van der Waals surface area contributed by atoms with Crippen LogP contribution >= 0.6 is 0 Å². The van der Waals surface area contributed by atoms with Crippen molar-refractivity contribution in [2.45, 2.75) is 19.9 Å². The van der Waals surface area contributed by atoms with E-state index in [9.17, 15) is 14.0 Å². The van der Waals surface area contributed by atoms with Crippen molar-refractivity contribution in [3.63, 3.8) is 0 Å². The Kier molecular flexibility index (Phi) is 5.18. The quantitative estimate of drug-likeness (QED) is 0.432. The van der Waals surface area contributed by atoms with Crippen LogP contribution in [0, 0.1) is 12.7 Å². The van der Waals surface area contributed by atoms with Gasteiger partial charge in [-0.3, -0.25) is 9.59 Å². The lowest BCUT2D eigenvalue weighted by molar-refractivity contribution is -0.117. The molecule has 3 aromatic carbocycles. The Morgan fingerprint density at radius 1 is 1.06 bits per heavy atom. The number of aromatic amines is 1. The zero-order valence-corrected chi connectivity index (χ0v) is 17.8. The van der Waals surface area contributed by atoms with Crippen LogP contribution < -0.4 is 10.9 Å². The van der Waals surface area contributed by atoms with Gasteiger partial charge < -0.3 is 10.3 Å². The van der Waals surface area contributed by atoms with Crippen molar-refractivity contribution in [1.82, 2.24) is 19.7 Å². The number of halogens is 1. The SMILES string of the molecule is Cc1nn(CC(=O)Nc2ccc3nc(Cc4ccccc4F)[nH]c3c2)c(=O)c2ccccc12. The number of nitrogens with one attached hydrogen (secondary N) is 2. The highest BCUT2D eigenvalue weighted by Crippen LogP contribution is 2.20. The number of imidazole rings is 1. The summed E-state index contributed by atoms with van der Waals surface area (Å²) in [5.41, 5.74) is 2.90. The number of fused-ring (bicyclic) bond motifs is 2. The normalized spacial score (nSPS) is 11.2. The summed E-state index contributed by atoms with van der Waals surface area (Å²) >= 11 is 0. The van der Waals surface area contributed by atoms with E-state index in [1.165, 1.54) is 10.7 Å². The van der Waals surface area contributed by atoms with Gasteiger partial charge in [-0.05, 0) is 42.8 Å². The summed E-state index contributed by atoms with van der Waals surface area (Å²) in [7, 11) is 0. The highest BCUT2D eigenvalue weighted by atomic mass is 19.1. The monoisotopic (exact) mass is 441 g/mol. The smallest absolute Gasteiger partial charge is 0.275 e. The first-order valence-electron chi connectivity index (χ1n) is 10.5.